The molecule has 1 aromatic rings. The molecule has 1 unspecified atom stereocenters. The lowest BCUT2D eigenvalue weighted by atomic mass is 10.2. The molecule has 0 bridgehead atoms. The molecule has 1 aliphatic rings. The summed E-state index contributed by atoms with van der Waals surface area (Å²) in [5.74, 6) is 2.80. The Morgan fingerprint density at radius 1 is 1.65 bits per heavy atom. The van der Waals surface area contributed by atoms with Crippen LogP contribution in [0.2, 0.25) is 0 Å². The monoisotopic (exact) mass is 289 g/mol. The molecular formula is C12H16ClNOS2. The van der Waals surface area contributed by atoms with Crippen molar-refractivity contribution >= 4 is 40.6 Å². The van der Waals surface area contributed by atoms with E-state index < -0.39 is 0 Å². The molecule has 1 atom stereocenters. The minimum absolute atomic E-state index is 0.0812. The molecular weight excluding hydrogens is 274 g/mol. The smallest absolute Gasteiger partial charge is 0.263 e. The van der Waals surface area contributed by atoms with Crippen molar-refractivity contribution < 1.29 is 4.79 Å². The Hall–Kier alpha value is -0.190. The third kappa shape index (κ3) is 2.80. The van der Waals surface area contributed by atoms with Crippen LogP contribution in [0.15, 0.2) is 6.07 Å². The minimum Gasteiger partial charge on any atom is -0.337 e. The summed E-state index contributed by atoms with van der Waals surface area (Å²) < 4.78 is 0. The van der Waals surface area contributed by atoms with Crippen molar-refractivity contribution in [1.29, 1.82) is 0 Å². The lowest BCUT2D eigenvalue weighted by Crippen LogP contribution is -2.35. The van der Waals surface area contributed by atoms with Crippen molar-refractivity contribution in [3.05, 3.63) is 21.4 Å². The van der Waals surface area contributed by atoms with E-state index in [4.69, 9.17) is 11.6 Å². The predicted octanol–water partition coefficient (Wildman–Crippen LogP) is 3.24. The Kier molecular flexibility index (Phi) is 4.39. The molecule has 1 aromatic heterocycles. The molecule has 5 heteroatoms. The normalized spacial score (nSPS) is 16.4. The van der Waals surface area contributed by atoms with E-state index in [1.54, 1.807) is 16.2 Å². The van der Waals surface area contributed by atoms with Crippen LogP contribution in [0.4, 0.5) is 0 Å². The zero-order valence-electron chi connectivity index (χ0n) is 10.0. The highest BCUT2D eigenvalue weighted by atomic mass is 35.5. The van der Waals surface area contributed by atoms with Crippen molar-refractivity contribution in [2.45, 2.75) is 25.1 Å². The van der Waals surface area contributed by atoms with E-state index in [0.29, 0.717) is 5.88 Å². The first-order valence-corrected chi connectivity index (χ1v) is 8.16. The van der Waals surface area contributed by atoms with Crippen LogP contribution in [0, 0.1) is 0 Å². The number of carbonyl (C=O) groups excluding carboxylic acids is 1. The summed E-state index contributed by atoms with van der Waals surface area (Å²) in [7, 11) is 1.82. The average Bonchev–Trinajstić information content (AvgIpc) is 2.79. The van der Waals surface area contributed by atoms with Crippen molar-refractivity contribution in [1.82, 2.24) is 4.90 Å². The number of halogens is 1. The summed E-state index contributed by atoms with van der Waals surface area (Å²) in [5, 5.41) is 0. The molecule has 1 aliphatic heterocycles. The Balaban J connectivity index is 2.17. The number of hydrogen-bond donors (Lipinski definition) is 0. The zero-order chi connectivity index (χ0) is 12.4. The van der Waals surface area contributed by atoms with Crippen LogP contribution in [0.3, 0.4) is 0 Å². The van der Waals surface area contributed by atoms with Gasteiger partial charge in [0.25, 0.3) is 5.91 Å². The molecule has 17 heavy (non-hydrogen) atoms. The molecule has 0 fully saturated rings. The summed E-state index contributed by atoms with van der Waals surface area (Å²) in [6.07, 6.45) is 1.10. The quantitative estimate of drug-likeness (QED) is 0.796. The maximum absolute atomic E-state index is 12.2. The van der Waals surface area contributed by atoms with Gasteiger partial charge in [-0.05, 0) is 30.7 Å². The van der Waals surface area contributed by atoms with Gasteiger partial charge in [-0.15, -0.1) is 22.9 Å². The highest BCUT2D eigenvalue weighted by Gasteiger charge is 2.21. The zero-order valence-corrected chi connectivity index (χ0v) is 12.4. The molecule has 0 aromatic carbocycles. The van der Waals surface area contributed by atoms with Gasteiger partial charge in [-0.25, -0.2) is 0 Å². The second-order valence-corrected chi connectivity index (χ2v) is 6.83. The number of carbonyl (C=O) groups is 1. The summed E-state index contributed by atoms with van der Waals surface area (Å²) in [6, 6.07) is 2.14. The van der Waals surface area contributed by atoms with Gasteiger partial charge in [0.1, 0.15) is 0 Å². The number of amides is 1. The van der Waals surface area contributed by atoms with Gasteiger partial charge in [0, 0.05) is 29.6 Å². The third-order valence-corrected chi connectivity index (χ3v) is 5.72. The van der Waals surface area contributed by atoms with Gasteiger partial charge < -0.3 is 4.90 Å². The Labute approximate surface area is 115 Å². The van der Waals surface area contributed by atoms with Crippen LogP contribution in [0.25, 0.3) is 0 Å². The van der Waals surface area contributed by atoms with Crippen LogP contribution in [0.5, 0.6) is 0 Å². The van der Waals surface area contributed by atoms with Gasteiger partial charge in [-0.1, -0.05) is 0 Å². The number of thioether (sulfide) groups is 1. The van der Waals surface area contributed by atoms with E-state index in [1.807, 2.05) is 25.7 Å². The average molecular weight is 290 g/mol. The second-order valence-electron chi connectivity index (χ2n) is 4.28. The highest BCUT2D eigenvalue weighted by Crippen LogP contribution is 2.32. The maximum Gasteiger partial charge on any atom is 0.263 e. The van der Waals surface area contributed by atoms with Gasteiger partial charge in [-0.3, -0.25) is 4.79 Å². The largest absolute Gasteiger partial charge is 0.337 e. The van der Waals surface area contributed by atoms with Gasteiger partial charge in [0.05, 0.1) is 4.88 Å². The fraction of sp³-hybridized carbons (Fsp3) is 0.583. The van der Waals surface area contributed by atoms with Gasteiger partial charge >= 0.3 is 0 Å². The molecule has 2 nitrogen and oxygen atoms in total. The predicted molar refractivity (Wildman–Crippen MR) is 76.5 cm³/mol. The van der Waals surface area contributed by atoms with Crippen molar-refractivity contribution in [3.63, 3.8) is 0 Å². The standard InChI is InChI=1S/C12H16ClNOS2/c1-8(6-13)14(2)12(15)11-5-9-7-16-4-3-10(9)17-11/h5,8H,3-4,6-7H2,1-2H3. The van der Waals surface area contributed by atoms with Gasteiger partial charge in [0.15, 0.2) is 0 Å². The van der Waals surface area contributed by atoms with Crippen molar-refractivity contribution in [2.75, 3.05) is 18.7 Å². The Bertz CT molecular complexity index is 395. The third-order valence-electron chi connectivity index (χ3n) is 3.04. The summed E-state index contributed by atoms with van der Waals surface area (Å²) in [6.45, 7) is 1.97. The van der Waals surface area contributed by atoms with E-state index in [9.17, 15) is 4.79 Å². The fourth-order valence-corrected chi connectivity index (χ4v) is 4.29. The topological polar surface area (TPSA) is 20.3 Å². The van der Waals surface area contributed by atoms with E-state index >= 15 is 0 Å². The van der Waals surface area contributed by atoms with E-state index in [-0.39, 0.29) is 11.9 Å². The Morgan fingerprint density at radius 3 is 3.06 bits per heavy atom. The van der Waals surface area contributed by atoms with E-state index in [2.05, 4.69) is 6.07 Å². The van der Waals surface area contributed by atoms with Crippen LogP contribution >= 0.6 is 34.7 Å². The molecule has 0 N–H and O–H groups in total. The highest BCUT2D eigenvalue weighted by molar-refractivity contribution is 7.98. The number of fused-ring (bicyclic) bond motifs is 1. The molecule has 2 heterocycles. The second kappa shape index (κ2) is 5.63. The number of nitrogens with zero attached hydrogens (tertiary/aromatic N) is 1. The van der Waals surface area contributed by atoms with E-state index in [0.717, 1.165) is 17.1 Å². The first-order chi connectivity index (χ1) is 8.13. The van der Waals surface area contributed by atoms with Crippen LogP contribution in [-0.2, 0) is 12.2 Å². The van der Waals surface area contributed by atoms with Gasteiger partial charge in [-0.2, -0.15) is 11.8 Å². The first-order valence-electron chi connectivity index (χ1n) is 5.66. The number of aryl methyl sites for hydroxylation is 1. The molecule has 1 amide bonds. The van der Waals surface area contributed by atoms with Crippen LogP contribution < -0.4 is 0 Å². The molecule has 0 aliphatic carbocycles. The fourth-order valence-electron chi connectivity index (χ4n) is 1.73. The number of thiophene rings is 1. The lowest BCUT2D eigenvalue weighted by Gasteiger charge is -2.22. The van der Waals surface area contributed by atoms with E-state index in [1.165, 1.54) is 16.2 Å². The summed E-state index contributed by atoms with van der Waals surface area (Å²) in [4.78, 5) is 16.2. The minimum atomic E-state index is 0.0812. The summed E-state index contributed by atoms with van der Waals surface area (Å²) >= 11 is 9.38. The van der Waals surface area contributed by atoms with Crippen LogP contribution in [0.1, 0.15) is 27.0 Å². The number of rotatable bonds is 3. The molecule has 94 valence electrons. The Morgan fingerprint density at radius 2 is 2.41 bits per heavy atom. The molecule has 2 rings (SSSR count). The molecule has 0 saturated carbocycles. The SMILES string of the molecule is CC(CCl)N(C)C(=O)c1cc2c(s1)CCSC2. The summed E-state index contributed by atoms with van der Waals surface area (Å²) in [5.41, 5.74) is 1.35. The van der Waals surface area contributed by atoms with Gasteiger partial charge in [0.2, 0.25) is 0 Å². The molecule has 0 radical (unpaired) electrons. The molecule has 0 saturated heterocycles. The van der Waals surface area contributed by atoms with Crippen molar-refractivity contribution in [3.8, 4) is 0 Å². The number of alkyl halides is 1. The van der Waals surface area contributed by atoms with Crippen molar-refractivity contribution in [2.24, 2.45) is 0 Å². The molecule has 0 spiro atoms. The number of hydrogen-bond acceptors (Lipinski definition) is 3. The lowest BCUT2D eigenvalue weighted by molar-refractivity contribution is 0.0761. The maximum atomic E-state index is 12.2. The van der Waals surface area contributed by atoms with Crippen LogP contribution in [-0.4, -0.2) is 35.5 Å². The first kappa shape index (κ1) is 13.2.